The molecule has 6 rings (SSSR count). The van der Waals surface area contributed by atoms with E-state index < -0.39 is 34.7 Å². The first kappa shape index (κ1) is 27.2. The van der Waals surface area contributed by atoms with Crippen molar-refractivity contribution in [2.24, 2.45) is 0 Å². The number of rotatable bonds is 2. The number of benzene rings is 4. The maximum Gasteiger partial charge on any atom is 2.00 e. The quantitative estimate of drug-likeness (QED) is 0.162. The van der Waals surface area contributed by atoms with Crippen LogP contribution in [0.15, 0.2) is 120 Å². The SMILES string of the molecule is O=C1C(=C([O-])c2ccccc2)C(=O)c2ccccc21.O=C1C(=C([O-])c2ccccc2)C(=O)c2ccccc21.[Fe+2]. The minimum absolute atomic E-state index is 0. The van der Waals surface area contributed by atoms with Crippen molar-refractivity contribution in [3.05, 3.63) is 154 Å². The number of allylic oxidation sites excluding steroid dienone is 2. The molecule has 0 radical (unpaired) electrons. The smallest absolute Gasteiger partial charge is 0.871 e. The van der Waals surface area contributed by atoms with Crippen LogP contribution in [-0.2, 0) is 17.1 Å². The molecule has 0 bridgehead atoms. The molecule has 0 aromatic heterocycles. The van der Waals surface area contributed by atoms with Crippen molar-refractivity contribution >= 4 is 34.7 Å². The predicted molar refractivity (Wildman–Crippen MR) is 137 cm³/mol. The molecule has 0 N–H and O–H groups in total. The maximum atomic E-state index is 12.3. The summed E-state index contributed by atoms with van der Waals surface area (Å²) in [4.78, 5) is 48.6. The molecule has 0 amide bonds. The largest absolute Gasteiger partial charge is 2.00 e. The molecule has 6 nitrogen and oxygen atoms in total. The zero-order valence-electron chi connectivity index (χ0n) is 20.2. The van der Waals surface area contributed by atoms with Gasteiger partial charge in [-0.15, -0.1) is 0 Å². The monoisotopic (exact) mass is 554 g/mol. The van der Waals surface area contributed by atoms with Crippen LogP contribution < -0.4 is 10.2 Å². The Morgan fingerprint density at radius 1 is 0.385 bits per heavy atom. The molecule has 0 unspecified atom stereocenters. The van der Waals surface area contributed by atoms with Gasteiger partial charge in [0.25, 0.3) is 0 Å². The van der Waals surface area contributed by atoms with E-state index in [0.717, 1.165) is 0 Å². The molecule has 7 heteroatoms. The standard InChI is InChI=1S/2C16H10O3.Fe/c2*17-14(10-6-2-1-3-7-10)13-15(18)11-8-4-5-9-12(11)16(13)19;/h2*1-9,17H;/q;;+2/p-2. The van der Waals surface area contributed by atoms with Gasteiger partial charge in [0.1, 0.15) is 0 Å². The number of ketones is 4. The minimum atomic E-state index is -0.508. The topological polar surface area (TPSA) is 114 Å². The summed E-state index contributed by atoms with van der Waals surface area (Å²) in [5.74, 6) is -2.92. The van der Waals surface area contributed by atoms with Gasteiger partial charge in [-0.3, -0.25) is 19.2 Å². The van der Waals surface area contributed by atoms with E-state index in [1.165, 1.54) is 0 Å². The molecule has 4 aromatic carbocycles. The molecule has 0 atom stereocenters. The van der Waals surface area contributed by atoms with Crippen LogP contribution in [0.25, 0.3) is 11.5 Å². The third-order valence-electron chi connectivity index (χ3n) is 6.27. The Morgan fingerprint density at radius 3 is 0.872 bits per heavy atom. The van der Waals surface area contributed by atoms with Crippen molar-refractivity contribution in [1.29, 1.82) is 0 Å². The van der Waals surface area contributed by atoms with Gasteiger partial charge in [0, 0.05) is 22.3 Å². The Labute approximate surface area is 234 Å². The summed E-state index contributed by atoms with van der Waals surface area (Å²) in [7, 11) is 0. The van der Waals surface area contributed by atoms with Crippen LogP contribution in [0.4, 0.5) is 0 Å². The fourth-order valence-corrected chi connectivity index (χ4v) is 4.38. The molecule has 0 spiro atoms. The Hall–Kier alpha value is -4.84. The molecule has 190 valence electrons. The van der Waals surface area contributed by atoms with Gasteiger partial charge in [-0.2, -0.15) is 0 Å². The van der Waals surface area contributed by atoms with Gasteiger partial charge in [0.2, 0.25) is 0 Å². The normalized spacial score (nSPS) is 13.2. The van der Waals surface area contributed by atoms with E-state index in [9.17, 15) is 29.4 Å². The van der Waals surface area contributed by atoms with Crippen molar-refractivity contribution < 1.29 is 46.5 Å². The summed E-state index contributed by atoms with van der Waals surface area (Å²) in [5.41, 5.74) is 1.44. The maximum absolute atomic E-state index is 12.3. The number of fused-ring (bicyclic) bond motifs is 2. The number of hydrogen-bond acceptors (Lipinski definition) is 6. The van der Waals surface area contributed by atoms with Crippen molar-refractivity contribution in [2.75, 3.05) is 0 Å². The van der Waals surface area contributed by atoms with Crippen LogP contribution in [0.1, 0.15) is 52.6 Å². The number of carbonyl (C=O) groups excluding carboxylic acids is 4. The van der Waals surface area contributed by atoms with E-state index in [1.54, 1.807) is 109 Å². The molecule has 0 saturated heterocycles. The van der Waals surface area contributed by atoms with Gasteiger partial charge >= 0.3 is 17.1 Å². The zero-order chi connectivity index (χ0) is 26.8. The Balaban J connectivity index is 0.000000176. The number of carbonyl (C=O) groups is 4. The van der Waals surface area contributed by atoms with Gasteiger partial charge < -0.3 is 10.2 Å². The van der Waals surface area contributed by atoms with E-state index in [1.807, 2.05) is 0 Å². The zero-order valence-corrected chi connectivity index (χ0v) is 21.3. The van der Waals surface area contributed by atoms with Gasteiger partial charge in [-0.25, -0.2) is 0 Å². The molecule has 2 aliphatic carbocycles. The van der Waals surface area contributed by atoms with Gasteiger partial charge in [0.15, 0.2) is 23.1 Å². The molecular formula is C32H18FeO6. The summed E-state index contributed by atoms with van der Waals surface area (Å²) in [5, 5.41) is 24.5. The number of hydrogen-bond donors (Lipinski definition) is 0. The van der Waals surface area contributed by atoms with E-state index in [4.69, 9.17) is 0 Å². The van der Waals surface area contributed by atoms with Gasteiger partial charge in [-0.1, -0.05) is 121 Å². The molecule has 0 saturated carbocycles. The van der Waals surface area contributed by atoms with Crippen LogP contribution >= 0.6 is 0 Å². The summed E-state index contributed by atoms with van der Waals surface area (Å²) < 4.78 is 0. The molecule has 0 heterocycles. The average Bonchev–Trinajstić information content (AvgIpc) is 3.38. The Bertz CT molecular complexity index is 1480. The Kier molecular flexibility index (Phi) is 7.86. The van der Waals surface area contributed by atoms with Crippen molar-refractivity contribution in [2.45, 2.75) is 0 Å². The first-order valence-corrected chi connectivity index (χ1v) is 11.7. The van der Waals surface area contributed by atoms with E-state index in [2.05, 4.69) is 0 Å². The minimum Gasteiger partial charge on any atom is -0.871 e. The second-order valence-corrected chi connectivity index (χ2v) is 8.55. The molecule has 2 aliphatic rings. The van der Waals surface area contributed by atoms with E-state index in [-0.39, 0.29) is 28.2 Å². The summed E-state index contributed by atoms with van der Waals surface area (Å²) in [6.45, 7) is 0. The van der Waals surface area contributed by atoms with Crippen LogP contribution in [0, 0.1) is 0 Å². The molecule has 39 heavy (non-hydrogen) atoms. The third kappa shape index (κ3) is 4.89. The third-order valence-corrected chi connectivity index (χ3v) is 6.27. The molecular weight excluding hydrogens is 536 g/mol. The molecule has 0 fully saturated rings. The van der Waals surface area contributed by atoms with Crippen LogP contribution in [0.2, 0.25) is 0 Å². The van der Waals surface area contributed by atoms with Crippen molar-refractivity contribution in [3.8, 4) is 0 Å². The average molecular weight is 554 g/mol. The first-order chi connectivity index (χ1) is 18.4. The summed E-state index contributed by atoms with van der Waals surface area (Å²) in [6, 6.07) is 29.7. The Morgan fingerprint density at radius 2 is 0.615 bits per heavy atom. The second-order valence-electron chi connectivity index (χ2n) is 8.55. The summed E-state index contributed by atoms with van der Waals surface area (Å²) in [6.07, 6.45) is 0. The fraction of sp³-hybridized carbons (Fsp3) is 0. The van der Waals surface area contributed by atoms with Crippen molar-refractivity contribution in [3.63, 3.8) is 0 Å². The van der Waals surface area contributed by atoms with Gasteiger partial charge in [-0.05, 0) is 11.1 Å². The second kappa shape index (κ2) is 11.3. The number of Topliss-reactive ketones (excluding diaryl/α,β-unsaturated/α-hetero) is 4. The summed E-state index contributed by atoms with van der Waals surface area (Å²) >= 11 is 0. The predicted octanol–water partition coefficient (Wildman–Crippen LogP) is 3.67. The molecule has 0 aliphatic heterocycles. The van der Waals surface area contributed by atoms with Crippen LogP contribution in [-0.4, -0.2) is 23.1 Å². The van der Waals surface area contributed by atoms with Crippen molar-refractivity contribution in [1.82, 2.24) is 0 Å². The first-order valence-electron chi connectivity index (χ1n) is 11.7. The molecule has 4 aromatic rings. The fourth-order valence-electron chi connectivity index (χ4n) is 4.38. The van der Waals surface area contributed by atoms with E-state index in [0.29, 0.717) is 33.4 Å². The van der Waals surface area contributed by atoms with Gasteiger partial charge in [0.05, 0.1) is 11.1 Å². The van der Waals surface area contributed by atoms with E-state index >= 15 is 0 Å². The van der Waals surface area contributed by atoms with Crippen LogP contribution in [0.3, 0.4) is 0 Å². The van der Waals surface area contributed by atoms with Crippen LogP contribution in [0.5, 0.6) is 0 Å².